The lowest BCUT2D eigenvalue weighted by Gasteiger charge is -2.38. The SMILES string of the molecule is CNC(C)c1ccc(N2CCCC(C)(O)C2)cc1Br. The van der Waals surface area contributed by atoms with Crippen molar-refractivity contribution in [1.29, 1.82) is 0 Å². The second kappa shape index (κ2) is 5.81. The molecule has 1 heterocycles. The highest BCUT2D eigenvalue weighted by atomic mass is 79.9. The van der Waals surface area contributed by atoms with E-state index in [0.717, 1.165) is 23.9 Å². The van der Waals surface area contributed by atoms with Gasteiger partial charge in [0.2, 0.25) is 0 Å². The average molecular weight is 327 g/mol. The molecule has 1 aliphatic heterocycles. The lowest BCUT2D eigenvalue weighted by Crippen LogP contribution is -2.46. The summed E-state index contributed by atoms with van der Waals surface area (Å²) in [5.41, 5.74) is 1.87. The van der Waals surface area contributed by atoms with Crippen LogP contribution >= 0.6 is 15.9 Å². The van der Waals surface area contributed by atoms with E-state index in [4.69, 9.17) is 0 Å². The Bertz CT molecular complexity index is 448. The van der Waals surface area contributed by atoms with E-state index in [0.29, 0.717) is 12.6 Å². The summed E-state index contributed by atoms with van der Waals surface area (Å²) in [6.45, 7) is 5.79. The van der Waals surface area contributed by atoms with E-state index in [1.807, 2.05) is 14.0 Å². The number of nitrogens with zero attached hydrogens (tertiary/aromatic N) is 1. The molecule has 0 bridgehead atoms. The summed E-state index contributed by atoms with van der Waals surface area (Å²) < 4.78 is 1.12. The second-order valence-corrected chi connectivity index (χ2v) is 6.59. The van der Waals surface area contributed by atoms with E-state index < -0.39 is 5.60 Å². The Morgan fingerprint density at radius 2 is 2.21 bits per heavy atom. The Morgan fingerprint density at radius 3 is 2.79 bits per heavy atom. The number of rotatable bonds is 3. The Labute approximate surface area is 124 Å². The first kappa shape index (κ1) is 14.8. The minimum Gasteiger partial charge on any atom is -0.388 e. The van der Waals surface area contributed by atoms with Crippen LogP contribution in [0.5, 0.6) is 0 Å². The van der Waals surface area contributed by atoms with Crippen molar-refractivity contribution < 1.29 is 5.11 Å². The zero-order valence-corrected chi connectivity index (χ0v) is 13.5. The molecule has 0 aliphatic carbocycles. The van der Waals surface area contributed by atoms with E-state index in [1.165, 1.54) is 11.3 Å². The number of anilines is 1. The van der Waals surface area contributed by atoms with Crippen molar-refractivity contribution >= 4 is 21.6 Å². The monoisotopic (exact) mass is 326 g/mol. The van der Waals surface area contributed by atoms with Crippen molar-refractivity contribution in [3.8, 4) is 0 Å². The fourth-order valence-electron chi connectivity index (χ4n) is 2.66. The predicted octanol–water partition coefficient (Wildman–Crippen LogP) is 3.08. The van der Waals surface area contributed by atoms with Gasteiger partial charge in [-0.15, -0.1) is 0 Å². The van der Waals surface area contributed by atoms with Gasteiger partial charge in [0.05, 0.1) is 5.60 Å². The number of hydrogen-bond donors (Lipinski definition) is 2. The van der Waals surface area contributed by atoms with Gasteiger partial charge in [0.1, 0.15) is 0 Å². The second-order valence-electron chi connectivity index (χ2n) is 5.74. The number of benzene rings is 1. The summed E-state index contributed by atoms with van der Waals surface area (Å²) in [5, 5.41) is 13.4. The maximum Gasteiger partial charge on any atom is 0.0794 e. The molecule has 1 aromatic rings. The van der Waals surface area contributed by atoms with Gasteiger partial charge in [0.15, 0.2) is 0 Å². The number of halogens is 1. The molecule has 2 unspecified atom stereocenters. The molecule has 3 nitrogen and oxygen atoms in total. The van der Waals surface area contributed by atoms with Gasteiger partial charge in [0.25, 0.3) is 0 Å². The van der Waals surface area contributed by atoms with Crippen LogP contribution in [0.1, 0.15) is 38.3 Å². The molecule has 1 aliphatic rings. The van der Waals surface area contributed by atoms with Gasteiger partial charge in [-0.2, -0.15) is 0 Å². The highest BCUT2D eigenvalue weighted by Crippen LogP contribution is 2.31. The molecule has 4 heteroatoms. The van der Waals surface area contributed by atoms with Crippen LogP contribution in [0.3, 0.4) is 0 Å². The van der Waals surface area contributed by atoms with Crippen LogP contribution in [0.15, 0.2) is 22.7 Å². The lowest BCUT2D eigenvalue weighted by molar-refractivity contribution is 0.0449. The molecule has 1 saturated heterocycles. The fourth-order valence-corrected chi connectivity index (χ4v) is 3.37. The van der Waals surface area contributed by atoms with E-state index in [2.05, 4.69) is 51.3 Å². The average Bonchev–Trinajstić information content (AvgIpc) is 2.36. The maximum atomic E-state index is 10.2. The molecule has 0 spiro atoms. The Kier molecular flexibility index (Phi) is 4.54. The summed E-state index contributed by atoms with van der Waals surface area (Å²) in [4.78, 5) is 2.27. The highest BCUT2D eigenvalue weighted by Gasteiger charge is 2.28. The van der Waals surface area contributed by atoms with Crippen molar-refractivity contribution in [3.05, 3.63) is 28.2 Å². The number of aliphatic hydroxyl groups is 1. The third kappa shape index (κ3) is 3.50. The molecule has 2 atom stereocenters. The predicted molar refractivity (Wildman–Crippen MR) is 83.7 cm³/mol. The van der Waals surface area contributed by atoms with E-state index in [9.17, 15) is 5.11 Å². The lowest BCUT2D eigenvalue weighted by atomic mass is 9.94. The van der Waals surface area contributed by atoms with Crippen LogP contribution in [0.25, 0.3) is 0 Å². The smallest absolute Gasteiger partial charge is 0.0794 e. The molecular formula is C15H23BrN2O. The molecule has 2 rings (SSSR count). The van der Waals surface area contributed by atoms with E-state index in [-0.39, 0.29) is 0 Å². The van der Waals surface area contributed by atoms with Gasteiger partial charge >= 0.3 is 0 Å². The van der Waals surface area contributed by atoms with Gasteiger partial charge in [-0.3, -0.25) is 0 Å². The van der Waals surface area contributed by atoms with Crippen LogP contribution < -0.4 is 10.2 Å². The highest BCUT2D eigenvalue weighted by molar-refractivity contribution is 9.10. The molecule has 0 saturated carbocycles. The summed E-state index contributed by atoms with van der Waals surface area (Å²) in [6, 6.07) is 6.79. The summed E-state index contributed by atoms with van der Waals surface area (Å²) in [6.07, 6.45) is 1.93. The molecule has 2 N–H and O–H groups in total. The van der Waals surface area contributed by atoms with Gasteiger partial charge < -0.3 is 15.3 Å². The third-order valence-electron chi connectivity index (χ3n) is 3.92. The quantitative estimate of drug-likeness (QED) is 0.896. The molecule has 1 aromatic carbocycles. The summed E-state index contributed by atoms with van der Waals surface area (Å²) in [5.74, 6) is 0. The molecule has 0 radical (unpaired) electrons. The van der Waals surface area contributed by atoms with Crippen molar-refractivity contribution in [2.45, 2.75) is 38.3 Å². The van der Waals surface area contributed by atoms with E-state index >= 15 is 0 Å². The first-order valence-corrected chi connectivity index (χ1v) is 7.66. The standard InChI is InChI=1S/C15H23BrN2O/c1-11(17-3)13-6-5-12(9-14(13)16)18-8-4-7-15(2,19)10-18/h5-6,9,11,17,19H,4,7-8,10H2,1-3H3. The van der Waals surface area contributed by atoms with Gasteiger partial charge in [-0.05, 0) is 51.4 Å². The minimum atomic E-state index is -0.568. The Morgan fingerprint density at radius 1 is 1.47 bits per heavy atom. The Balaban J connectivity index is 2.20. The van der Waals surface area contributed by atoms with Crippen molar-refractivity contribution in [2.24, 2.45) is 0 Å². The molecule has 1 fully saturated rings. The van der Waals surface area contributed by atoms with Crippen molar-refractivity contribution in [1.82, 2.24) is 5.32 Å². The van der Waals surface area contributed by atoms with Gasteiger partial charge in [0, 0.05) is 29.3 Å². The first-order valence-electron chi connectivity index (χ1n) is 6.87. The van der Waals surface area contributed by atoms with Crippen molar-refractivity contribution in [3.63, 3.8) is 0 Å². The summed E-state index contributed by atoms with van der Waals surface area (Å²) >= 11 is 3.65. The molecule has 106 valence electrons. The van der Waals surface area contributed by atoms with Crippen LogP contribution in [0.2, 0.25) is 0 Å². The molecular weight excluding hydrogens is 304 g/mol. The number of β-amino-alcohol motifs (C(OH)–C–C–N with tert-alkyl or cyclic N) is 1. The van der Waals surface area contributed by atoms with Gasteiger partial charge in [-0.1, -0.05) is 22.0 Å². The van der Waals surface area contributed by atoms with Crippen LogP contribution in [0, 0.1) is 0 Å². The first-order chi connectivity index (χ1) is 8.93. The third-order valence-corrected chi connectivity index (χ3v) is 4.61. The van der Waals surface area contributed by atoms with Crippen molar-refractivity contribution in [2.75, 3.05) is 25.0 Å². The fraction of sp³-hybridized carbons (Fsp3) is 0.600. The number of piperidine rings is 1. The normalized spacial score (nSPS) is 25.4. The van der Waals surface area contributed by atoms with Crippen LogP contribution in [-0.2, 0) is 0 Å². The van der Waals surface area contributed by atoms with E-state index in [1.54, 1.807) is 0 Å². The van der Waals surface area contributed by atoms with Crippen LogP contribution in [0.4, 0.5) is 5.69 Å². The number of hydrogen-bond acceptors (Lipinski definition) is 3. The minimum absolute atomic E-state index is 0.327. The zero-order chi connectivity index (χ0) is 14.0. The van der Waals surface area contributed by atoms with Gasteiger partial charge in [-0.25, -0.2) is 0 Å². The Hall–Kier alpha value is -0.580. The molecule has 0 amide bonds. The summed E-state index contributed by atoms with van der Waals surface area (Å²) in [7, 11) is 1.97. The topological polar surface area (TPSA) is 35.5 Å². The maximum absolute atomic E-state index is 10.2. The zero-order valence-electron chi connectivity index (χ0n) is 11.9. The van der Waals surface area contributed by atoms with Crippen LogP contribution in [-0.4, -0.2) is 30.8 Å². The molecule has 19 heavy (non-hydrogen) atoms. The largest absolute Gasteiger partial charge is 0.388 e. The molecule has 0 aromatic heterocycles. The number of nitrogens with one attached hydrogen (secondary N) is 1.